The fourth-order valence-electron chi connectivity index (χ4n) is 3.96. The van der Waals surface area contributed by atoms with E-state index in [4.69, 9.17) is 14.7 Å². The summed E-state index contributed by atoms with van der Waals surface area (Å²) >= 11 is 0. The molecule has 2 aromatic carbocycles. The number of aromatic hydroxyl groups is 1. The third kappa shape index (κ3) is 3.29. The quantitative estimate of drug-likeness (QED) is 0.723. The fourth-order valence-corrected chi connectivity index (χ4v) is 3.96. The van der Waals surface area contributed by atoms with Gasteiger partial charge in [-0.25, -0.2) is 9.97 Å². The molecular formula is C22H25N3O2. The second-order valence-corrected chi connectivity index (χ2v) is 7.15. The van der Waals surface area contributed by atoms with Crippen LogP contribution in [0, 0.1) is 0 Å². The van der Waals surface area contributed by atoms with Crippen LogP contribution in [0.4, 0.5) is 5.82 Å². The summed E-state index contributed by atoms with van der Waals surface area (Å²) in [5.74, 6) is 1.93. The summed E-state index contributed by atoms with van der Waals surface area (Å²) in [5.41, 5.74) is 1.46. The summed E-state index contributed by atoms with van der Waals surface area (Å²) in [6.07, 6.45) is 6.23. The summed E-state index contributed by atoms with van der Waals surface area (Å²) in [6, 6.07) is 14.0. The number of rotatable bonds is 4. The van der Waals surface area contributed by atoms with E-state index in [0.717, 1.165) is 16.7 Å². The average molecular weight is 363 g/mol. The molecule has 4 rings (SSSR count). The zero-order valence-electron chi connectivity index (χ0n) is 15.9. The van der Waals surface area contributed by atoms with Gasteiger partial charge in [-0.05, 0) is 37.1 Å². The normalized spacial score (nSPS) is 15.0. The van der Waals surface area contributed by atoms with Gasteiger partial charge < -0.3 is 14.7 Å². The number of aromatic nitrogens is 2. The summed E-state index contributed by atoms with van der Waals surface area (Å²) < 4.78 is 5.25. The molecule has 1 aliphatic rings. The van der Waals surface area contributed by atoms with Gasteiger partial charge in [0.2, 0.25) is 0 Å². The number of nitrogens with zero attached hydrogens (tertiary/aromatic N) is 3. The fraction of sp³-hybridized carbons (Fsp3) is 0.364. The van der Waals surface area contributed by atoms with Crippen molar-refractivity contribution in [2.45, 2.75) is 38.1 Å². The molecule has 5 nitrogen and oxygen atoms in total. The van der Waals surface area contributed by atoms with Crippen molar-refractivity contribution in [1.82, 2.24) is 9.97 Å². The summed E-state index contributed by atoms with van der Waals surface area (Å²) in [5, 5.41) is 11.6. The molecule has 0 radical (unpaired) electrons. The lowest BCUT2D eigenvalue weighted by Gasteiger charge is -2.32. The Morgan fingerprint density at radius 1 is 1.00 bits per heavy atom. The first-order chi connectivity index (χ1) is 13.2. The second-order valence-electron chi connectivity index (χ2n) is 7.15. The number of phenolic OH excluding ortho intramolecular Hbond substituents is 1. The summed E-state index contributed by atoms with van der Waals surface area (Å²) in [6.45, 7) is 0. The molecule has 0 bridgehead atoms. The largest absolute Gasteiger partial charge is 0.504 e. The van der Waals surface area contributed by atoms with Crippen LogP contribution in [0.15, 0.2) is 42.5 Å². The number of anilines is 1. The Labute approximate surface area is 159 Å². The third-order valence-electron chi connectivity index (χ3n) is 5.50. The summed E-state index contributed by atoms with van der Waals surface area (Å²) in [4.78, 5) is 11.9. The minimum atomic E-state index is 0.0709. The predicted octanol–water partition coefficient (Wildman–Crippen LogP) is 4.78. The molecule has 0 unspecified atom stereocenters. The van der Waals surface area contributed by atoms with Crippen LogP contribution in [0.3, 0.4) is 0 Å². The van der Waals surface area contributed by atoms with Gasteiger partial charge in [0.05, 0.1) is 18.2 Å². The highest BCUT2D eigenvalue weighted by Crippen LogP contribution is 2.37. The van der Waals surface area contributed by atoms with Gasteiger partial charge in [0.15, 0.2) is 17.3 Å². The van der Waals surface area contributed by atoms with Gasteiger partial charge in [0.1, 0.15) is 5.82 Å². The Morgan fingerprint density at radius 2 is 1.78 bits per heavy atom. The van der Waals surface area contributed by atoms with E-state index in [1.54, 1.807) is 13.2 Å². The molecule has 3 aromatic rings. The van der Waals surface area contributed by atoms with E-state index >= 15 is 0 Å². The minimum Gasteiger partial charge on any atom is -0.504 e. The van der Waals surface area contributed by atoms with Gasteiger partial charge in [-0.2, -0.15) is 0 Å². The second kappa shape index (κ2) is 7.43. The third-order valence-corrected chi connectivity index (χ3v) is 5.50. The highest BCUT2D eigenvalue weighted by Gasteiger charge is 2.22. The van der Waals surface area contributed by atoms with Gasteiger partial charge in [-0.15, -0.1) is 0 Å². The zero-order valence-corrected chi connectivity index (χ0v) is 15.9. The SMILES string of the molecule is COc1cccc(-c2nc(N(C)C3CCCCC3)c3ccccc3n2)c1O. The van der Waals surface area contributed by atoms with Crippen molar-refractivity contribution >= 4 is 16.7 Å². The van der Waals surface area contributed by atoms with Crippen LogP contribution in [0.5, 0.6) is 11.5 Å². The van der Waals surface area contributed by atoms with Gasteiger partial charge in [-0.3, -0.25) is 0 Å². The molecule has 0 amide bonds. The Kier molecular flexibility index (Phi) is 4.84. The van der Waals surface area contributed by atoms with E-state index in [1.807, 2.05) is 30.3 Å². The van der Waals surface area contributed by atoms with E-state index in [1.165, 1.54) is 32.1 Å². The maximum Gasteiger partial charge on any atom is 0.168 e. The highest BCUT2D eigenvalue weighted by molar-refractivity contribution is 5.91. The average Bonchev–Trinajstić information content (AvgIpc) is 2.73. The van der Waals surface area contributed by atoms with Crippen LogP contribution in [0.2, 0.25) is 0 Å². The Morgan fingerprint density at radius 3 is 2.56 bits per heavy atom. The monoisotopic (exact) mass is 363 g/mol. The van der Waals surface area contributed by atoms with E-state index in [2.05, 4.69) is 18.0 Å². The van der Waals surface area contributed by atoms with Gasteiger partial charge in [-0.1, -0.05) is 37.5 Å². The molecular weight excluding hydrogens is 338 g/mol. The number of para-hydroxylation sites is 2. The predicted molar refractivity (Wildman–Crippen MR) is 108 cm³/mol. The van der Waals surface area contributed by atoms with Crippen molar-refractivity contribution in [2.24, 2.45) is 0 Å². The lowest BCUT2D eigenvalue weighted by molar-refractivity contribution is 0.374. The molecule has 0 aliphatic heterocycles. The van der Waals surface area contributed by atoms with Gasteiger partial charge >= 0.3 is 0 Å². The Hall–Kier alpha value is -2.82. The Balaban J connectivity index is 1.86. The molecule has 1 saturated carbocycles. The van der Waals surface area contributed by atoms with E-state index in [0.29, 0.717) is 23.2 Å². The first-order valence-corrected chi connectivity index (χ1v) is 9.55. The number of benzene rings is 2. The van der Waals surface area contributed by atoms with Crippen LogP contribution in [-0.2, 0) is 0 Å². The number of hydrogen-bond acceptors (Lipinski definition) is 5. The minimum absolute atomic E-state index is 0.0709. The highest BCUT2D eigenvalue weighted by atomic mass is 16.5. The number of phenols is 1. The molecule has 1 N–H and O–H groups in total. The van der Waals surface area contributed by atoms with Gasteiger partial charge in [0, 0.05) is 18.5 Å². The number of hydrogen-bond donors (Lipinski definition) is 1. The molecule has 27 heavy (non-hydrogen) atoms. The number of ether oxygens (including phenoxy) is 1. The van der Waals surface area contributed by atoms with Crippen molar-refractivity contribution < 1.29 is 9.84 Å². The molecule has 1 heterocycles. The van der Waals surface area contributed by atoms with E-state index in [-0.39, 0.29) is 5.75 Å². The molecule has 0 spiro atoms. The lowest BCUT2D eigenvalue weighted by Crippen LogP contribution is -2.34. The smallest absolute Gasteiger partial charge is 0.168 e. The maximum atomic E-state index is 10.6. The van der Waals surface area contributed by atoms with E-state index in [9.17, 15) is 5.11 Å². The van der Waals surface area contributed by atoms with Crippen LogP contribution in [0.1, 0.15) is 32.1 Å². The van der Waals surface area contributed by atoms with Crippen molar-refractivity contribution in [3.8, 4) is 22.9 Å². The van der Waals surface area contributed by atoms with Crippen molar-refractivity contribution in [2.75, 3.05) is 19.1 Å². The first kappa shape index (κ1) is 17.6. The van der Waals surface area contributed by atoms with Crippen LogP contribution in [-0.4, -0.2) is 35.3 Å². The van der Waals surface area contributed by atoms with Crippen molar-refractivity contribution in [1.29, 1.82) is 0 Å². The van der Waals surface area contributed by atoms with Crippen LogP contribution in [0.25, 0.3) is 22.3 Å². The Bertz CT molecular complexity index is 951. The molecule has 1 fully saturated rings. The topological polar surface area (TPSA) is 58.5 Å². The molecule has 1 aromatic heterocycles. The molecule has 5 heteroatoms. The number of fused-ring (bicyclic) bond motifs is 1. The zero-order chi connectivity index (χ0) is 18.8. The molecule has 1 aliphatic carbocycles. The molecule has 0 saturated heterocycles. The number of methoxy groups -OCH3 is 1. The summed E-state index contributed by atoms with van der Waals surface area (Å²) in [7, 11) is 3.67. The standard InChI is InChI=1S/C22H25N3O2/c1-25(15-9-4-3-5-10-15)22-16-11-6-7-13-18(16)23-21(24-22)17-12-8-14-19(27-2)20(17)26/h6-8,11-15,26H,3-5,9-10H2,1-2H3. The van der Waals surface area contributed by atoms with Crippen LogP contribution < -0.4 is 9.64 Å². The maximum absolute atomic E-state index is 10.6. The molecule has 0 atom stereocenters. The van der Waals surface area contributed by atoms with Crippen LogP contribution >= 0.6 is 0 Å². The van der Waals surface area contributed by atoms with Crippen molar-refractivity contribution in [3.63, 3.8) is 0 Å². The van der Waals surface area contributed by atoms with E-state index < -0.39 is 0 Å². The first-order valence-electron chi connectivity index (χ1n) is 9.55. The lowest BCUT2D eigenvalue weighted by atomic mass is 9.94. The molecule has 140 valence electrons. The van der Waals surface area contributed by atoms with Crippen molar-refractivity contribution in [3.05, 3.63) is 42.5 Å². The van der Waals surface area contributed by atoms with Gasteiger partial charge in [0.25, 0.3) is 0 Å².